The second-order valence-electron chi connectivity index (χ2n) is 8.16. The van der Waals surface area contributed by atoms with Crippen LogP contribution in [0.4, 0.5) is 4.79 Å². The number of ether oxygens (including phenoxy) is 2. The van der Waals surface area contributed by atoms with Gasteiger partial charge in [0.15, 0.2) is 0 Å². The van der Waals surface area contributed by atoms with Crippen LogP contribution in [-0.4, -0.2) is 60.8 Å². The number of carbonyl (C=O) groups is 2. The van der Waals surface area contributed by atoms with Gasteiger partial charge in [-0.1, -0.05) is 0 Å². The molecule has 0 bridgehead atoms. The molecule has 0 radical (unpaired) electrons. The van der Waals surface area contributed by atoms with Crippen molar-refractivity contribution in [2.24, 2.45) is 17.8 Å². The second kappa shape index (κ2) is 7.91. The van der Waals surface area contributed by atoms with Crippen LogP contribution in [0.5, 0.6) is 0 Å². The van der Waals surface area contributed by atoms with Gasteiger partial charge in [0.2, 0.25) is 0 Å². The summed E-state index contributed by atoms with van der Waals surface area (Å²) in [5.74, 6) is 1.71. The molecule has 3 fully saturated rings. The highest BCUT2D eigenvalue weighted by Gasteiger charge is 2.56. The lowest BCUT2D eigenvalue weighted by Crippen LogP contribution is -2.36. The van der Waals surface area contributed by atoms with E-state index in [2.05, 4.69) is 10.3 Å². The summed E-state index contributed by atoms with van der Waals surface area (Å²) in [5.41, 5.74) is 0. The number of hydrogen-bond donors (Lipinski definition) is 1. The van der Waals surface area contributed by atoms with Gasteiger partial charge in [0.25, 0.3) is 5.91 Å². The van der Waals surface area contributed by atoms with Crippen LogP contribution in [0.25, 0.3) is 10.1 Å². The van der Waals surface area contributed by atoms with Crippen LogP contribution in [0.15, 0.2) is 24.5 Å². The monoisotopic (exact) mass is 415 g/mol. The Morgan fingerprint density at radius 2 is 2.07 bits per heavy atom. The third-order valence-corrected chi connectivity index (χ3v) is 7.46. The maximum atomic E-state index is 12.4. The Morgan fingerprint density at radius 1 is 1.28 bits per heavy atom. The molecule has 3 aliphatic rings. The first kappa shape index (κ1) is 18.8. The second-order valence-corrected chi connectivity index (χ2v) is 9.24. The van der Waals surface area contributed by atoms with Gasteiger partial charge in [-0.05, 0) is 41.7 Å². The summed E-state index contributed by atoms with van der Waals surface area (Å²) in [6.07, 6.45) is 5.93. The summed E-state index contributed by atoms with van der Waals surface area (Å²) in [4.78, 5) is 31.4. The Morgan fingerprint density at radius 3 is 2.83 bits per heavy atom. The third-order valence-electron chi connectivity index (χ3n) is 6.38. The van der Waals surface area contributed by atoms with Gasteiger partial charge in [0, 0.05) is 44.9 Å². The normalized spacial score (nSPS) is 26.3. The van der Waals surface area contributed by atoms with E-state index in [1.165, 1.54) is 11.3 Å². The zero-order valence-electron chi connectivity index (χ0n) is 16.2. The Labute approximate surface area is 173 Å². The van der Waals surface area contributed by atoms with Gasteiger partial charge in [-0.25, -0.2) is 4.79 Å². The first-order chi connectivity index (χ1) is 14.2. The first-order valence-corrected chi connectivity index (χ1v) is 11.2. The number of hydrogen-bond acceptors (Lipinski definition) is 6. The average molecular weight is 416 g/mol. The van der Waals surface area contributed by atoms with E-state index >= 15 is 0 Å². The topological polar surface area (TPSA) is 80.8 Å². The van der Waals surface area contributed by atoms with Gasteiger partial charge >= 0.3 is 6.09 Å². The van der Waals surface area contributed by atoms with Crippen LogP contribution in [-0.2, 0) is 9.47 Å². The number of nitrogens with one attached hydrogen (secondary N) is 1. The molecule has 2 saturated heterocycles. The molecule has 0 spiro atoms. The molecule has 2 aromatic heterocycles. The number of thiophene rings is 1. The summed E-state index contributed by atoms with van der Waals surface area (Å²) in [6, 6.07) is 3.84. The molecule has 1 saturated carbocycles. The molecule has 2 aromatic rings. The van der Waals surface area contributed by atoms with Crippen molar-refractivity contribution in [1.29, 1.82) is 0 Å². The van der Waals surface area contributed by atoms with E-state index in [4.69, 9.17) is 9.47 Å². The molecular weight excluding hydrogens is 390 g/mol. The van der Waals surface area contributed by atoms with Crippen molar-refractivity contribution < 1.29 is 19.1 Å². The van der Waals surface area contributed by atoms with Crippen LogP contribution >= 0.6 is 11.3 Å². The van der Waals surface area contributed by atoms with Crippen molar-refractivity contribution in [2.45, 2.75) is 25.4 Å². The molecule has 29 heavy (non-hydrogen) atoms. The van der Waals surface area contributed by atoms with E-state index < -0.39 is 0 Å². The summed E-state index contributed by atoms with van der Waals surface area (Å²) in [7, 11) is 0. The lowest BCUT2D eigenvalue weighted by atomic mass is 10.1. The molecule has 154 valence electrons. The highest BCUT2D eigenvalue weighted by Crippen LogP contribution is 2.53. The van der Waals surface area contributed by atoms with Crippen molar-refractivity contribution >= 4 is 33.4 Å². The van der Waals surface area contributed by atoms with Gasteiger partial charge in [0.05, 0.1) is 22.8 Å². The van der Waals surface area contributed by atoms with E-state index in [-0.39, 0.29) is 18.1 Å². The zero-order chi connectivity index (χ0) is 19.8. The van der Waals surface area contributed by atoms with Gasteiger partial charge in [-0.2, -0.15) is 0 Å². The fourth-order valence-corrected chi connectivity index (χ4v) is 5.62. The van der Waals surface area contributed by atoms with E-state index in [9.17, 15) is 9.59 Å². The number of pyridine rings is 1. The van der Waals surface area contributed by atoms with Crippen LogP contribution < -0.4 is 5.32 Å². The van der Waals surface area contributed by atoms with Gasteiger partial charge < -0.3 is 19.7 Å². The van der Waals surface area contributed by atoms with Gasteiger partial charge in [-0.3, -0.25) is 9.78 Å². The summed E-state index contributed by atoms with van der Waals surface area (Å²) in [6.45, 7) is 3.60. The van der Waals surface area contributed by atoms with Gasteiger partial charge in [-0.15, -0.1) is 11.3 Å². The van der Waals surface area contributed by atoms with E-state index in [0.717, 1.165) is 47.3 Å². The average Bonchev–Trinajstić information content (AvgIpc) is 3.11. The molecule has 0 aromatic carbocycles. The quantitative estimate of drug-likeness (QED) is 0.812. The minimum atomic E-state index is -0.171. The largest absolute Gasteiger partial charge is 0.446 e. The van der Waals surface area contributed by atoms with Crippen molar-refractivity contribution in [3.63, 3.8) is 0 Å². The Bertz CT molecular complexity index is 865. The molecule has 1 N–H and O–H groups in total. The fraction of sp³-hybridized carbons (Fsp3) is 0.571. The van der Waals surface area contributed by atoms with Crippen LogP contribution in [0.2, 0.25) is 0 Å². The first-order valence-electron chi connectivity index (χ1n) is 10.3. The number of nitrogens with zero attached hydrogens (tertiary/aromatic N) is 2. The highest BCUT2D eigenvalue weighted by molar-refractivity contribution is 7.20. The molecule has 5 rings (SSSR count). The molecule has 2 unspecified atom stereocenters. The molecule has 1 aliphatic carbocycles. The number of rotatable bonds is 5. The Balaban J connectivity index is 1.04. The number of aromatic nitrogens is 1. The minimum Gasteiger partial charge on any atom is -0.446 e. The maximum Gasteiger partial charge on any atom is 0.410 e. The van der Waals surface area contributed by atoms with Crippen molar-refractivity contribution in [1.82, 2.24) is 15.2 Å². The predicted molar refractivity (Wildman–Crippen MR) is 109 cm³/mol. The van der Waals surface area contributed by atoms with E-state index in [0.29, 0.717) is 37.5 Å². The molecule has 8 heteroatoms. The number of piperidine rings is 1. The third kappa shape index (κ3) is 3.96. The number of amides is 2. The number of fused-ring (bicyclic) bond motifs is 2. The molecular formula is C21H25N3O4S. The highest BCUT2D eigenvalue weighted by atomic mass is 32.1. The summed E-state index contributed by atoms with van der Waals surface area (Å²) < 4.78 is 11.9. The van der Waals surface area contributed by atoms with Crippen LogP contribution in [0, 0.1) is 17.8 Å². The molecule has 2 aliphatic heterocycles. The predicted octanol–water partition coefficient (Wildman–Crippen LogP) is 2.91. The Hall–Kier alpha value is -2.19. The zero-order valence-corrected chi connectivity index (χ0v) is 17.0. The summed E-state index contributed by atoms with van der Waals surface area (Å²) in [5, 5.41) is 4.10. The van der Waals surface area contributed by atoms with E-state index in [1.807, 2.05) is 17.0 Å². The summed E-state index contributed by atoms with van der Waals surface area (Å²) >= 11 is 1.47. The van der Waals surface area contributed by atoms with Crippen molar-refractivity contribution in [3.05, 3.63) is 29.4 Å². The lowest BCUT2D eigenvalue weighted by Gasteiger charge is -2.26. The SMILES string of the molecule is O=C(NCCC1C2CN(C(=O)OC3CCOCC3)CC12)c1cc2ccncc2s1. The minimum absolute atomic E-state index is 0.00358. The number of carbonyl (C=O) groups excluding carboxylic acids is 2. The van der Waals surface area contributed by atoms with Gasteiger partial charge in [0.1, 0.15) is 6.10 Å². The standard InChI is InChI=1S/C21H25N3O4S/c25-20(18-9-13-1-5-22-10-19(13)29-18)23-6-2-15-16-11-24(12-17(15)16)21(26)28-14-3-7-27-8-4-14/h1,5,9-10,14-17H,2-4,6-8,11-12H2,(H,23,25). The lowest BCUT2D eigenvalue weighted by molar-refractivity contribution is -0.00949. The molecule has 2 atom stereocenters. The van der Waals surface area contributed by atoms with Crippen molar-refractivity contribution in [3.8, 4) is 0 Å². The molecule has 2 amide bonds. The molecule has 7 nitrogen and oxygen atoms in total. The van der Waals surface area contributed by atoms with Crippen LogP contribution in [0.1, 0.15) is 28.9 Å². The van der Waals surface area contributed by atoms with Crippen molar-refractivity contribution in [2.75, 3.05) is 32.8 Å². The number of likely N-dealkylation sites (tertiary alicyclic amines) is 1. The smallest absolute Gasteiger partial charge is 0.410 e. The Kier molecular flexibility index (Phi) is 5.13. The maximum absolute atomic E-state index is 12.4. The fourth-order valence-electron chi connectivity index (χ4n) is 4.67. The molecule has 4 heterocycles. The van der Waals surface area contributed by atoms with Crippen LogP contribution in [0.3, 0.4) is 0 Å². The van der Waals surface area contributed by atoms with E-state index in [1.54, 1.807) is 12.4 Å².